The number of thiophene rings is 1. The summed E-state index contributed by atoms with van der Waals surface area (Å²) in [5.74, 6) is 1.72. The number of hydrogen-bond acceptors (Lipinski definition) is 5. The van der Waals surface area contributed by atoms with E-state index in [1.54, 1.807) is 18.4 Å². The van der Waals surface area contributed by atoms with Crippen molar-refractivity contribution in [2.24, 2.45) is 4.99 Å². The van der Waals surface area contributed by atoms with Crippen molar-refractivity contribution < 1.29 is 9.47 Å². The van der Waals surface area contributed by atoms with E-state index >= 15 is 0 Å². The number of hydrogen-bond donors (Lipinski definition) is 2. The molecule has 3 rings (SSSR count). The topological polar surface area (TPSA) is 58.1 Å². The second-order valence-corrected chi connectivity index (χ2v) is 7.77. The van der Waals surface area contributed by atoms with Gasteiger partial charge >= 0.3 is 0 Å². The van der Waals surface area contributed by atoms with Crippen molar-refractivity contribution in [3.8, 4) is 5.75 Å². The Bertz CT molecular complexity index is 764. The van der Waals surface area contributed by atoms with Gasteiger partial charge in [-0.15, -0.1) is 35.3 Å². The van der Waals surface area contributed by atoms with E-state index < -0.39 is 0 Å². The van der Waals surface area contributed by atoms with Gasteiger partial charge in [0.1, 0.15) is 5.75 Å². The highest BCUT2D eigenvalue weighted by Gasteiger charge is 2.23. The van der Waals surface area contributed by atoms with Crippen molar-refractivity contribution in [2.75, 3.05) is 47.0 Å². The monoisotopic (exact) mass is 530 g/mol. The molecule has 1 unspecified atom stereocenters. The zero-order valence-corrected chi connectivity index (χ0v) is 20.5. The fraction of sp³-hybridized carbons (Fsp3) is 0.476. The van der Waals surface area contributed by atoms with E-state index in [4.69, 9.17) is 9.47 Å². The van der Waals surface area contributed by atoms with Crippen molar-refractivity contribution in [1.82, 2.24) is 15.5 Å². The van der Waals surface area contributed by atoms with Crippen LogP contribution in [0.25, 0.3) is 0 Å². The first-order chi connectivity index (χ1) is 13.7. The van der Waals surface area contributed by atoms with Crippen LogP contribution in [-0.4, -0.2) is 57.9 Å². The van der Waals surface area contributed by atoms with Gasteiger partial charge in [-0.05, 0) is 35.6 Å². The smallest absolute Gasteiger partial charge is 0.191 e. The summed E-state index contributed by atoms with van der Waals surface area (Å²) in [7, 11) is 3.51. The van der Waals surface area contributed by atoms with E-state index in [9.17, 15) is 0 Å². The maximum Gasteiger partial charge on any atom is 0.191 e. The highest BCUT2D eigenvalue weighted by molar-refractivity contribution is 14.0. The van der Waals surface area contributed by atoms with E-state index in [1.165, 1.54) is 10.4 Å². The first-order valence-corrected chi connectivity index (χ1v) is 10.5. The maximum absolute atomic E-state index is 5.52. The zero-order chi connectivity index (χ0) is 19.8. The van der Waals surface area contributed by atoms with Crippen molar-refractivity contribution in [2.45, 2.75) is 19.5 Å². The quantitative estimate of drug-likeness (QED) is 0.327. The molecule has 6 nitrogen and oxygen atoms in total. The first kappa shape index (κ1) is 23.9. The summed E-state index contributed by atoms with van der Waals surface area (Å²) in [6, 6.07) is 10.9. The molecule has 1 aliphatic heterocycles. The Hall–Kier alpha value is -1.36. The van der Waals surface area contributed by atoms with Gasteiger partial charge in [-0.3, -0.25) is 9.89 Å². The minimum absolute atomic E-state index is 0. The minimum Gasteiger partial charge on any atom is -0.496 e. The molecule has 1 atom stereocenters. The normalized spacial score (nSPS) is 16.0. The number of benzene rings is 1. The third kappa shape index (κ3) is 6.84. The van der Waals surface area contributed by atoms with Crippen molar-refractivity contribution in [3.05, 3.63) is 51.7 Å². The highest BCUT2D eigenvalue weighted by atomic mass is 127. The standard InChI is InChI=1S/C21H30N4O2S.HI/c1-16-13-17(6-7-19(16)26-3)14-23-21(22-2)24-15-18(20-5-4-12-28-20)25-8-10-27-11-9-25;/h4-7,12-13,18H,8-11,14-15H2,1-3H3,(H2,22,23,24);1H. The lowest BCUT2D eigenvalue weighted by atomic mass is 10.1. The lowest BCUT2D eigenvalue weighted by Gasteiger charge is -2.34. The average Bonchev–Trinajstić information content (AvgIpc) is 3.26. The van der Waals surface area contributed by atoms with Crippen molar-refractivity contribution in [1.29, 1.82) is 0 Å². The molecule has 1 fully saturated rings. The van der Waals surface area contributed by atoms with Crippen LogP contribution in [0.2, 0.25) is 0 Å². The molecule has 160 valence electrons. The van der Waals surface area contributed by atoms with E-state index in [2.05, 4.69) is 57.1 Å². The molecule has 2 heterocycles. The number of morpholine rings is 1. The highest BCUT2D eigenvalue weighted by Crippen LogP contribution is 2.25. The number of aryl methyl sites for hydroxylation is 1. The van der Waals surface area contributed by atoms with Gasteiger partial charge in [0.15, 0.2) is 5.96 Å². The van der Waals surface area contributed by atoms with Crippen LogP contribution in [0.3, 0.4) is 0 Å². The number of aliphatic imine (C=N–C) groups is 1. The van der Waals surface area contributed by atoms with Gasteiger partial charge < -0.3 is 20.1 Å². The number of methoxy groups -OCH3 is 1. The van der Waals surface area contributed by atoms with Crippen LogP contribution >= 0.6 is 35.3 Å². The van der Waals surface area contributed by atoms with Crippen LogP contribution in [0.5, 0.6) is 5.75 Å². The van der Waals surface area contributed by atoms with Crippen LogP contribution in [0.15, 0.2) is 40.7 Å². The molecule has 0 saturated carbocycles. The predicted molar refractivity (Wildman–Crippen MR) is 131 cm³/mol. The summed E-state index contributed by atoms with van der Waals surface area (Å²) in [5.41, 5.74) is 2.33. The summed E-state index contributed by atoms with van der Waals surface area (Å²) < 4.78 is 10.9. The Morgan fingerprint density at radius 2 is 2.07 bits per heavy atom. The largest absolute Gasteiger partial charge is 0.496 e. The van der Waals surface area contributed by atoms with Crippen LogP contribution in [-0.2, 0) is 11.3 Å². The van der Waals surface area contributed by atoms with Gasteiger partial charge in [-0.25, -0.2) is 0 Å². The SMILES string of the molecule is CN=C(NCc1ccc(OC)c(C)c1)NCC(c1cccs1)N1CCOCC1.I. The van der Waals surface area contributed by atoms with Crippen LogP contribution < -0.4 is 15.4 Å². The molecule has 8 heteroatoms. The Labute approximate surface area is 194 Å². The van der Waals surface area contributed by atoms with Gasteiger partial charge in [0.25, 0.3) is 0 Å². The molecule has 2 aromatic rings. The molecular formula is C21H31IN4O2S. The number of guanidine groups is 1. The Morgan fingerprint density at radius 3 is 2.69 bits per heavy atom. The number of rotatable bonds is 7. The minimum atomic E-state index is 0. The Balaban J connectivity index is 0.00000300. The molecule has 1 aromatic carbocycles. The molecule has 0 bridgehead atoms. The summed E-state index contributed by atoms with van der Waals surface area (Å²) in [6.07, 6.45) is 0. The number of nitrogens with zero attached hydrogens (tertiary/aromatic N) is 2. The third-order valence-corrected chi connectivity index (χ3v) is 5.94. The molecule has 2 N–H and O–H groups in total. The molecular weight excluding hydrogens is 499 g/mol. The van der Waals surface area contributed by atoms with Crippen LogP contribution in [0.1, 0.15) is 22.0 Å². The number of nitrogens with one attached hydrogen (secondary N) is 2. The van der Waals surface area contributed by atoms with E-state index in [0.29, 0.717) is 12.6 Å². The summed E-state index contributed by atoms with van der Waals surface area (Å²) >= 11 is 1.80. The maximum atomic E-state index is 5.52. The molecule has 1 aliphatic rings. The molecule has 0 spiro atoms. The van der Waals surface area contributed by atoms with Crippen molar-refractivity contribution in [3.63, 3.8) is 0 Å². The third-order valence-electron chi connectivity index (χ3n) is 4.96. The zero-order valence-electron chi connectivity index (χ0n) is 17.3. The lowest BCUT2D eigenvalue weighted by Crippen LogP contribution is -2.46. The molecule has 0 radical (unpaired) electrons. The van der Waals surface area contributed by atoms with Crippen molar-refractivity contribution >= 4 is 41.3 Å². The van der Waals surface area contributed by atoms with Gasteiger partial charge in [0.2, 0.25) is 0 Å². The molecule has 0 aliphatic carbocycles. The fourth-order valence-electron chi connectivity index (χ4n) is 3.43. The predicted octanol–water partition coefficient (Wildman–Crippen LogP) is 3.42. The first-order valence-electron chi connectivity index (χ1n) is 9.64. The molecule has 1 aromatic heterocycles. The summed E-state index contributed by atoms with van der Waals surface area (Å²) in [4.78, 5) is 8.25. The van der Waals surface area contributed by atoms with Gasteiger partial charge in [0, 0.05) is 38.1 Å². The van der Waals surface area contributed by atoms with Crippen LogP contribution in [0, 0.1) is 6.92 Å². The van der Waals surface area contributed by atoms with Crippen LogP contribution in [0.4, 0.5) is 0 Å². The van der Waals surface area contributed by atoms with Gasteiger partial charge in [-0.1, -0.05) is 18.2 Å². The average molecular weight is 530 g/mol. The van der Waals surface area contributed by atoms with E-state index in [1.807, 2.05) is 13.1 Å². The fourth-order valence-corrected chi connectivity index (χ4v) is 4.29. The molecule has 1 saturated heterocycles. The van der Waals surface area contributed by atoms with E-state index in [0.717, 1.165) is 50.1 Å². The van der Waals surface area contributed by atoms with E-state index in [-0.39, 0.29) is 24.0 Å². The Kier molecular flexibility index (Phi) is 10.2. The summed E-state index contributed by atoms with van der Waals surface area (Å²) in [6.45, 7) is 7.09. The lowest BCUT2D eigenvalue weighted by molar-refractivity contribution is 0.0177. The Morgan fingerprint density at radius 1 is 1.28 bits per heavy atom. The second-order valence-electron chi connectivity index (χ2n) is 6.79. The van der Waals surface area contributed by atoms with Gasteiger partial charge in [-0.2, -0.15) is 0 Å². The molecule has 29 heavy (non-hydrogen) atoms. The number of halogens is 1. The van der Waals surface area contributed by atoms with Gasteiger partial charge in [0.05, 0.1) is 26.4 Å². The summed E-state index contributed by atoms with van der Waals surface area (Å²) in [5, 5.41) is 9.05. The number of ether oxygens (including phenoxy) is 2. The molecule has 0 amide bonds. The second kappa shape index (κ2) is 12.4.